The molecular weight excluding hydrogens is 202 g/mol. The number of fused-ring (bicyclic) bond motifs is 1. The molecule has 0 saturated carbocycles. The van der Waals surface area contributed by atoms with Crippen molar-refractivity contribution >= 4 is 0 Å². The standard InChI is InChI=1S/C12H23N3O/c1-13-10-4-11(8-16-7-10)15-5-9-2-3-14-12(9)6-15/h9-14H,2-8H2,1H3. The van der Waals surface area contributed by atoms with E-state index in [-0.39, 0.29) is 0 Å². The van der Waals surface area contributed by atoms with Crippen molar-refractivity contribution in [2.45, 2.75) is 31.0 Å². The average molecular weight is 225 g/mol. The summed E-state index contributed by atoms with van der Waals surface area (Å²) in [6.45, 7) is 5.55. The summed E-state index contributed by atoms with van der Waals surface area (Å²) in [7, 11) is 2.04. The van der Waals surface area contributed by atoms with Crippen molar-refractivity contribution in [3.63, 3.8) is 0 Å². The second-order valence-electron chi connectivity index (χ2n) is 5.48. The van der Waals surface area contributed by atoms with Crippen molar-refractivity contribution in [2.24, 2.45) is 5.92 Å². The van der Waals surface area contributed by atoms with Crippen LogP contribution in [0.3, 0.4) is 0 Å². The third-order valence-corrected chi connectivity index (χ3v) is 4.50. The van der Waals surface area contributed by atoms with Crippen LogP contribution in [0.1, 0.15) is 12.8 Å². The predicted molar refractivity (Wildman–Crippen MR) is 63.5 cm³/mol. The number of hydrogen-bond acceptors (Lipinski definition) is 4. The number of likely N-dealkylation sites (N-methyl/N-ethyl adjacent to an activating group) is 1. The molecule has 0 amide bonds. The summed E-state index contributed by atoms with van der Waals surface area (Å²) in [5.41, 5.74) is 0. The lowest BCUT2D eigenvalue weighted by Crippen LogP contribution is -2.49. The van der Waals surface area contributed by atoms with Gasteiger partial charge in [-0.15, -0.1) is 0 Å². The highest BCUT2D eigenvalue weighted by molar-refractivity contribution is 4.97. The van der Waals surface area contributed by atoms with E-state index in [0.717, 1.165) is 25.2 Å². The molecule has 3 saturated heterocycles. The largest absolute Gasteiger partial charge is 0.378 e. The van der Waals surface area contributed by atoms with E-state index in [9.17, 15) is 0 Å². The van der Waals surface area contributed by atoms with Crippen LogP contribution in [0.15, 0.2) is 0 Å². The summed E-state index contributed by atoms with van der Waals surface area (Å²) in [6.07, 6.45) is 2.61. The molecule has 0 spiro atoms. The minimum absolute atomic E-state index is 0.548. The molecule has 4 unspecified atom stereocenters. The average Bonchev–Trinajstić information content (AvgIpc) is 2.89. The Kier molecular flexibility index (Phi) is 3.16. The summed E-state index contributed by atoms with van der Waals surface area (Å²) < 4.78 is 5.70. The van der Waals surface area contributed by atoms with E-state index in [1.807, 2.05) is 7.05 Å². The van der Waals surface area contributed by atoms with Crippen LogP contribution in [0.4, 0.5) is 0 Å². The molecule has 3 aliphatic heterocycles. The van der Waals surface area contributed by atoms with E-state index in [4.69, 9.17) is 4.74 Å². The van der Waals surface area contributed by atoms with Gasteiger partial charge in [-0.1, -0.05) is 0 Å². The number of hydrogen-bond donors (Lipinski definition) is 2. The van der Waals surface area contributed by atoms with Gasteiger partial charge in [-0.25, -0.2) is 0 Å². The molecule has 0 aromatic carbocycles. The van der Waals surface area contributed by atoms with Crippen LogP contribution in [0.5, 0.6) is 0 Å². The molecule has 0 aromatic heterocycles. The second kappa shape index (κ2) is 4.61. The smallest absolute Gasteiger partial charge is 0.0623 e. The van der Waals surface area contributed by atoms with Crippen LogP contribution in [0.25, 0.3) is 0 Å². The van der Waals surface area contributed by atoms with E-state index < -0.39 is 0 Å². The molecule has 0 bridgehead atoms. The molecule has 3 rings (SSSR count). The van der Waals surface area contributed by atoms with Gasteiger partial charge in [-0.3, -0.25) is 4.90 Å². The van der Waals surface area contributed by atoms with Crippen molar-refractivity contribution in [3.8, 4) is 0 Å². The topological polar surface area (TPSA) is 36.5 Å². The Morgan fingerprint density at radius 1 is 1.31 bits per heavy atom. The van der Waals surface area contributed by atoms with E-state index in [0.29, 0.717) is 12.1 Å². The Labute approximate surface area is 97.7 Å². The Morgan fingerprint density at radius 3 is 3.06 bits per heavy atom. The maximum atomic E-state index is 5.70. The normalized spacial score (nSPS) is 44.8. The first-order chi connectivity index (χ1) is 7.86. The van der Waals surface area contributed by atoms with Crippen molar-refractivity contribution < 1.29 is 4.74 Å². The number of likely N-dealkylation sites (tertiary alicyclic amines) is 1. The molecule has 16 heavy (non-hydrogen) atoms. The number of nitrogens with one attached hydrogen (secondary N) is 2. The fraction of sp³-hybridized carbons (Fsp3) is 1.00. The van der Waals surface area contributed by atoms with Crippen LogP contribution in [0.2, 0.25) is 0 Å². The zero-order chi connectivity index (χ0) is 11.0. The van der Waals surface area contributed by atoms with Gasteiger partial charge < -0.3 is 15.4 Å². The third kappa shape index (κ3) is 1.99. The lowest BCUT2D eigenvalue weighted by atomic mass is 10.0. The molecule has 4 nitrogen and oxygen atoms in total. The van der Waals surface area contributed by atoms with Gasteiger partial charge in [-0.2, -0.15) is 0 Å². The van der Waals surface area contributed by atoms with Crippen LogP contribution in [-0.2, 0) is 4.74 Å². The van der Waals surface area contributed by atoms with E-state index in [2.05, 4.69) is 15.5 Å². The molecule has 0 aromatic rings. The van der Waals surface area contributed by atoms with Gasteiger partial charge in [0.1, 0.15) is 0 Å². The molecule has 0 aliphatic carbocycles. The van der Waals surface area contributed by atoms with Gasteiger partial charge in [0, 0.05) is 31.2 Å². The maximum absolute atomic E-state index is 5.70. The fourth-order valence-electron chi connectivity index (χ4n) is 3.45. The predicted octanol–water partition coefficient (Wildman–Crippen LogP) is -0.343. The zero-order valence-electron chi connectivity index (χ0n) is 10.1. The minimum Gasteiger partial charge on any atom is -0.378 e. The van der Waals surface area contributed by atoms with Crippen molar-refractivity contribution in [1.29, 1.82) is 0 Å². The lowest BCUT2D eigenvalue weighted by molar-refractivity contribution is 0.00654. The number of rotatable bonds is 2. The van der Waals surface area contributed by atoms with Crippen LogP contribution >= 0.6 is 0 Å². The molecule has 3 aliphatic rings. The lowest BCUT2D eigenvalue weighted by Gasteiger charge is -2.35. The Balaban J connectivity index is 1.57. The highest BCUT2D eigenvalue weighted by atomic mass is 16.5. The quantitative estimate of drug-likeness (QED) is 0.674. The number of ether oxygens (including phenoxy) is 1. The molecule has 4 heteroatoms. The minimum atomic E-state index is 0.548. The van der Waals surface area contributed by atoms with Crippen molar-refractivity contribution in [3.05, 3.63) is 0 Å². The van der Waals surface area contributed by atoms with Gasteiger partial charge in [0.05, 0.1) is 13.2 Å². The number of nitrogens with zero attached hydrogens (tertiary/aromatic N) is 1. The molecule has 4 atom stereocenters. The molecule has 2 N–H and O–H groups in total. The third-order valence-electron chi connectivity index (χ3n) is 4.50. The fourth-order valence-corrected chi connectivity index (χ4v) is 3.45. The van der Waals surface area contributed by atoms with Crippen molar-refractivity contribution in [1.82, 2.24) is 15.5 Å². The molecule has 3 heterocycles. The molecule has 3 fully saturated rings. The maximum Gasteiger partial charge on any atom is 0.0623 e. The Morgan fingerprint density at radius 2 is 2.25 bits per heavy atom. The zero-order valence-corrected chi connectivity index (χ0v) is 10.1. The molecular formula is C12H23N3O. The first-order valence-corrected chi connectivity index (χ1v) is 6.59. The Bertz CT molecular complexity index is 234. The van der Waals surface area contributed by atoms with Crippen LogP contribution in [-0.4, -0.2) is 62.9 Å². The van der Waals surface area contributed by atoms with E-state index in [1.165, 1.54) is 32.5 Å². The molecule has 92 valence electrons. The first-order valence-electron chi connectivity index (χ1n) is 6.59. The highest BCUT2D eigenvalue weighted by Crippen LogP contribution is 2.28. The van der Waals surface area contributed by atoms with Gasteiger partial charge in [-0.05, 0) is 32.4 Å². The van der Waals surface area contributed by atoms with Crippen LogP contribution < -0.4 is 10.6 Å². The summed E-state index contributed by atoms with van der Waals surface area (Å²) in [5, 5.41) is 6.96. The molecule has 0 radical (unpaired) electrons. The van der Waals surface area contributed by atoms with Gasteiger partial charge in [0.2, 0.25) is 0 Å². The van der Waals surface area contributed by atoms with Gasteiger partial charge >= 0.3 is 0 Å². The van der Waals surface area contributed by atoms with Crippen LogP contribution in [0, 0.1) is 5.92 Å². The monoisotopic (exact) mass is 225 g/mol. The summed E-state index contributed by atoms with van der Waals surface area (Å²) in [6, 6.07) is 1.95. The summed E-state index contributed by atoms with van der Waals surface area (Å²) >= 11 is 0. The van der Waals surface area contributed by atoms with Crippen molar-refractivity contribution in [2.75, 3.05) is 39.9 Å². The summed E-state index contributed by atoms with van der Waals surface area (Å²) in [4.78, 5) is 2.64. The SMILES string of the molecule is CNC1COCC(N2CC3CCNC3C2)C1. The van der Waals surface area contributed by atoms with E-state index >= 15 is 0 Å². The Hall–Kier alpha value is -0.160. The van der Waals surface area contributed by atoms with Gasteiger partial charge in [0.15, 0.2) is 0 Å². The van der Waals surface area contributed by atoms with Gasteiger partial charge in [0.25, 0.3) is 0 Å². The summed E-state index contributed by atoms with van der Waals surface area (Å²) in [5.74, 6) is 0.898. The van der Waals surface area contributed by atoms with E-state index in [1.54, 1.807) is 0 Å². The highest BCUT2D eigenvalue weighted by Gasteiger charge is 2.39. The second-order valence-corrected chi connectivity index (χ2v) is 5.48. The first kappa shape index (κ1) is 11.0.